The van der Waals surface area contributed by atoms with Gasteiger partial charge in [0, 0.05) is 37.0 Å². The maximum Gasteiger partial charge on any atom is 0.343 e. The zero-order chi connectivity index (χ0) is 29.5. The summed E-state index contributed by atoms with van der Waals surface area (Å²) in [6.45, 7) is 4.43. The number of benzene rings is 2. The van der Waals surface area contributed by atoms with E-state index in [4.69, 9.17) is 15.2 Å². The number of nitrogen functional groups attached to an aromatic ring is 1. The zero-order valence-corrected chi connectivity index (χ0v) is 24.7. The number of hydrogen-bond acceptors (Lipinski definition) is 9. The Bertz CT molecular complexity index is 2070. The number of fused-ring (bicyclic) bond motifs is 2. The van der Waals surface area contributed by atoms with Crippen molar-refractivity contribution in [2.45, 2.75) is 25.9 Å². The Hall–Kier alpha value is -5.06. The minimum atomic E-state index is -0.536. The van der Waals surface area contributed by atoms with Gasteiger partial charge < -0.3 is 15.3 Å². The van der Waals surface area contributed by atoms with Crippen LogP contribution in [0.4, 0.5) is 5.82 Å². The highest BCUT2D eigenvalue weighted by atomic mass is 35.5. The third kappa shape index (κ3) is 5.18. The molecule has 4 aromatic heterocycles. The van der Waals surface area contributed by atoms with Gasteiger partial charge in [0.05, 0.1) is 17.0 Å². The molecule has 0 radical (unpaired) electrons. The fourth-order valence-corrected chi connectivity index (χ4v) is 5.90. The zero-order valence-electron chi connectivity index (χ0n) is 23.9. The van der Waals surface area contributed by atoms with Gasteiger partial charge in [0.1, 0.15) is 35.4 Å². The molecule has 1 aliphatic rings. The van der Waals surface area contributed by atoms with Crippen LogP contribution in [0.2, 0.25) is 0 Å². The molecule has 0 amide bonds. The summed E-state index contributed by atoms with van der Waals surface area (Å²) in [7, 11) is 0. The van der Waals surface area contributed by atoms with Crippen LogP contribution in [0.3, 0.4) is 0 Å². The van der Waals surface area contributed by atoms with Crippen LogP contribution < -0.4 is 11.4 Å². The van der Waals surface area contributed by atoms with Crippen molar-refractivity contribution in [3.8, 4) is 17.0 Å². The lowest BCUT2D eigenvalue weighted by Crippen LogP contribution is -2.28. The van der Waals surface area contributed by atoms with Crippen molar-refractivity contribution < 1.29 is 9.52 Å². The van der Waals surface area contributed by atoms with Crippen molar-refractivity contribution in [3.05, 3.63) is 113 Å². The first-order chi connectivity index (χ1) is 21.0. The van der Waals surface area contributed by atoms with Crippen LogP contribution in [0.1, 0.15) is 36.3 Å². The first kappa shape index (κ1) is 29.0. The minimum Gasteiger partial charge on any atom is -0.506 e. The van der Waals surface area contributed by atoms with Gasteiger partial charge in [-0.2, -0.15) is 5.10 Å². The van der Waals surface area contributed by atoms with Crippen LogP contribution in [0.5, 0.6) is 5.75 Å². The Kier molecular flexibility index (Phi) is 7.86. The molecule has 1 aliphatic heterocycles. The van der Waals surface area contributed by atoms with E-state index >= 15 is 0 Å². The molecule has 5 heterocycles. The van der Waals surface area contributed by atoms with E-state index in [9.17, 15) is 9.90 Å². The highest BCUT2D eigenvalue weighted by Gasteiger charge is 2.28. The molecule has 2 aromatic carbocycles. The standard InChI is InChI=1S/C33H29N7O3.ClH/c1-20(40-32-28(31(34)36-19-37-32)29(38-40)23-15-24(41)17-35-16-23)30-27(25-9-5-6-10-26(25)33(42)43-30)22-11-13-39(14-12-22)18-21-7-3-2-4-8-21;/h2-11,15-17,19-20,41H,12-14,18H2,1H3,(H2,34,36,37);1H. The molecule has 3 N–H and O–H groups in total. The van der Waals surface area contributed by atoms with E-state index in [2.05, 4.69) is 50.2 Å². The van der Waals surface area contributed by atoms with Gasteiger partial charge in [-0.05, 0) is 42.0 Å². The number of pyridine rings is 1. The predicted octanol–water partition coefficient (Wildman–Crippen LogP) is 5.60. The summed E-state index contributed by atoms with van der Waals surface area (Å²) in [4.78, 5) is 28.5. The van der Waals surface area contributed by atoms with Crippen LogP contribution in [0.25, 0.3) is 38.6 Å². The van der Waals surface area contributed by atoms with Crippen molar-refractivity contribution in [1.29, 1.82) is 0 Å². The van der Waals surface area contributed by atoms with E-state index in [1.165, 1.54) is 18.1 Å². The normalized spacial score (nSPS) is 14.3. The van der Waals surface area contributed by atoms with E-state index in [1.807, 2.05) is 31.2 Å². The average Bonchev–Trinajstić information content (AvgIpc) is 3.43. The van der Waals surface area contributed by atoms with Crippen molar-refractivity contribution in [1.82, 2.24) is 29.6 Å². The molecule has 10 nitrogen and oxygen atoms in total. The molecular formula is C33H30ClN7O3. The fourth-order valence-electron chi connectivity index (χ4n) is 5.90. The fraction of sp³-hybridized carbons (Fsp3) is 0.182. The van der Waals surface area contributed by atoms with Crippen molar-refractivity contribution in [3.63, 3.8) is 0 Å². The number of aromatic nitrogens is 5. The molecule has 11 heteroatoms. The predicted molar refractivity (Wildman–Crippen MR) is 172 cm³/mol. The molecule has 222 valence electrons. The Balaban J connectivity index is 0.00000343. The van der Waals surface area contributed by atoms with Gasteiger partial charge in [0.15, 0.2) is 5.65 Å². The molecule has 0 fully saturated rings. The number of halogens is 1. The Morgan fingerprint density at radius 2 is 1.82 bits per heavy atom. The maximum atomic E-state index is 13.3. The Morgan fingerprint density at radius 1 is 1.05 bits per heavy atom. The quantitative estimate of drug-likeness (QED) is 0.248. The summed E-state index contributed by atoms with van der Waals surface area (Å²) in [5.41, 5.74) is 10.7. The molecular weight excluding hydrogens is 578 g/mol. The molecule has 6 aromatic rings. The number of nitrogens with two attached hydrogens (primary N) is 1. The highest BCUT2D eigenvalue weighted by molar-refractivity contribution is 5.98. The summed E-state index contributed by atoms with van der Waals surface area (Å²) in [5.74, 6) is 0.737. The SMILES string of the molecule is CC(c1oc(=O)c2ccccc2c1C1=CCN(Cc2ccccc2)CC1)n1nc(-c2cncc(O)c2)c2c(N)ncnc21.Cl. The van der Waals surface area contributed by atoms with Crippen LogP contribution in [0.15, 0.2) is 94.7 Å². The summed E-state index contributed by atoms with van der Waals surface area (Å²) in [5, 5.41) is 16.9. The average molecular weight is 608 g/mol. The minimum absolute atomic E-state index is 0. The second-order valence-corrected chi connectivity index (χ2v) is 10.7. The second-order valence-electron chi connectivity index (χ2n) is 10.7. The highest BCUT2D eigenvalue weighted by Crippen LogP contribution is 2.38. The van der Waals surface area contributed by atoms with Gasteiger partial charge in [-0.1, -0.05) is 54.6 Å². The maximum absolute atomic E-state index is 13.3. The van der Waals surface area contributed by atoms with Crippen LogP contribution in [-0.2, 0) is 6.54 Å². The number of rotatable bonds is 6. The summed E-state index contributed by atoms with van der Waals surface area (Å²) in [6, 6.07) is 19.0. The lowest BCUT2D eigenvalue weighted by atomic mass is 9.92. The van der Waals surface area contributed by atoms with Crippen molar-refractivity contribution in [2.75, 3.05) is 18.8 Å². The van der Waals surface area contributed by atoms with Gasteiger partial charge in [-0.25, -0.2) is 19.4 Å². The molecule has 7 rings (SSSR count). The number of hydrogen-bond donors (Lipinski definition) is 2. The summed E-state index contributed by atoms with van der Waals surface area (Å²) in [6.07, 6.45) is 7.35. The smallest absolute Gasteiger partial charge is 0.343 e. The van der Waals surface area contributed by atoms with E-state index < -0.39 is 11.7 Å². The Morgan fingerprint density at radius 3 is 2.57 bits per heavy atom. The van der Waals surface area contributed by atoms with Gasteiger partial charge >= 0.3 is 5.63 Å². The van der Waals surface area contributed by atoms with E-state index in [0.717, 1.165) is 42.6 Å². The van der Waals surface area contributed by atoms with Gasteiger partial charge in [-0.15, -0.1) is 12.4 Å². The topological polar surface area (TPSA) is 136 Å². The monoisotopic (exact) mass is 607 g/mol. The first-order valence-corrected chi connectivity index (χ1v) is 14.1. The van der Waals surface area contributed by atoms with Crippen molar-refractivity contribution >= 4 is 45.6 Å². The Labute approximate surface area is 258 Å². The number of anilines is 1. The number of nitrogens with zero attached hydrogens (tertiary/aromatic N) is 6. The van der Waals surface area contributed by atoms with Gasteiger partial charge in [0.25, 0.3) is 0 Å². The van der Waals surface area contributed by atoms with Crippen LogP contribution in [0, 0.1) is 0 Å². The largest absolute Gasteiger partial charge is 0.506 e. The van der Waals surface area contributed by atoms with E-state index in [-0.39, 0.29) is 24.0 Å². The van der Waals surface area contributed by atoms with Crippen LogP contribution in [-0.4, -0.2) is 47.8 Å². The van der Waals surface area contributed by atoms with Crippen molar-refractivity contribution in [2.24, 2.45) is 0 Å². The molecule has 1 atom stereocenters. The van der Waals surface area contributed by atoms with Crippen LogP contribution >= 0.6 is 12.4 Å². The third-order valence-corrected chi connectivity index (χ3v) is 7.99. The second kappa shape index (κ2) is 11.9. The molecule has 44 heavy (non-hydrogen) atoms. The van der Waals surface area contributed by atoms with E-state index in [0.29, 0.717) is 33.4 Å². The van der Waals surface area contributed by atoms with E-state index in [1.54, 1.807) is 23.0 Å². The molecule has 0 saturated heterocycles. The molecule has 0 bridgehead atoms. The van der Waals surface area contributed by atoms with Gasteiger partial charge in [-0.3, -0.25) is 9.88 Å². The first-order valence-electron chi connectivity index (χ1n) is 14.1. The summed E-state index contributed by atoms with van der Waals surface area (Å²) < 4.78 is 7.83. The molecule has 0 aliphatic carbocycles. The lowest BCUT2D eigenvalue weighted by molar-refractivity contribution is 0.293. The summed E-state index contributed by atoms with van der Waals surface area (Å²) >= 11 is 0. The lowest BCUT2D eigenvalue weighted by Gasteiger charge is -2.28. The molecule has 0 spiro atoms. The third-order valence-electron chi connectivity index (χ3n) is 7.99. The molecule has 1 unspecified atom stereocenters. The number of aromatic hydroxyl groups is 1. The van der Waals surface area contributed by atoms with Gasteiger partial charge in [0.2, 0.25) is 0 Å². The molecule has 0 saturated carbocycles.